The minimum absolute atomic E-state index is 0.324. The lowest BCUT2D eigenvalue weighted by molar-refractivity contribution is 0.266. The average molecular weight is 467 g/mol. The van der Waals surface area contributed by atoms with Crippen LogP contribution in [0.5, 0.6) is 5.75 Å². The zero-order chi connectivity index (χ0) is 13.4. The molecule has 0 N–H and O–H groups in total. The summed E-state index contributed by atoms with van der Waals surface area (Å²) in [6.07, 6.45) is 1.04. The molecule has 0 saturated heterocycles. The van der Waals surface area contributed by atoms with E-state index in [1.807, 2.05) is 6.07 Å². The second kappa shape index (κ2) is 5.88. The molecule has 5 heteroatoms. The van der Waals surface area contributed by atoms with Crippen molar-refractivity contribution in [2.45, 2.75) is 17.2 Å². The number of thiophene rings is 1. The van der Waals surface area contributed by atoms with Gasteiger partial charge in [-0.2, -0.15) is 0 Å². The molecule has 2 aromatic rings. The van der Waals surface area contributed by atoms with Gasteiger partial charge in [0.2, 0.25) is 0 Å². The van der Waals surface area contributed by atoms with Gasteiger partial charge in [0.05, 0.1) is 15.2 Å². The molecule has 1 aromatic carbocycles. The number of fused-ring (bicyclic) bond motifs is 1. The largest absolute Gasteiger partial charge is 0.493 e. The van der Waals surface area contributed by atoms with E-state index < -0.39 is 0 Å². The Morgan fingerprint density at radius 1 is 1.26 bits per heavy atom. The first-order valence-electron chi connectivity index (χ1n) is 5.97. The van der Waals surface area contributed by atoms with E-state index >= 15 is 0 Å². The third-order valence-electron chi connectivity index (χ3n) is 3.29. The Bertz CT molecular complexity index is 577. The Hall–Kier alpha value is 0.160. The highest BCUT2D eigenvalue weighted by Gasteiger charge is 2.29. The van der Waals surface area contributed by atoms with Crippen LogP contribution in [-0.4, -0.2) is 6.61 Å². The van der Waals surface area contributed by atoms with Crippen molar-refractivity contribution in [1.29, 1.82) is 0 Å². The van der Waals surface area contributed by atoms with Crippen LogP contribution in [0.25, 0.3) is 0 Å². The molecule has 1 aromatic heterocycles. The van der Waals surface area contributed by atoms with Crippen molar-refractivity contribution in [2.24, 2.45) is 0 Å². The number of ether oxygens (including phenoxy) is 1. The molecule has 0 amide bonds. The maximum Gasteiger partial charge on any atom is 0.122 e. The molecule has 1 aliphatic heterocycles. The highest BCUT2D eigenvalue weighted by atomic mass is 79.9. The summed E-state index contributed by atoms with van der Waals surface area (Å²) >= 11 is 12.8. The summed E-state index contributed by atoms with van der Waals surface area (Å²) < 4.78 is 8.00. The molecular weight excluding hydrogens is 456 g/mol. The van der Waals surface area contributed by atoms with Gasteiger partial charge < -0.3 is 4.74 Å². The summed E-state index contributed by atoms with van der Waals surface area (Å²) in [5, 5.41) is 0. The Labute approximate surface area is 141 Å². The maximum absolute atomic E-state index is 5.73. The van der Waals surface area contributed by atoms with E-state index in [0.717, 1.165) is 27.0 Å². The summed E-state index contributed by atoms with van der Waals surface area (Å²) in [7, 11) is 0. The first-order chi connectivity index (χ1) is 9.16. The fourth-order valence-corrected chi connectivity index (χ4v) is 5.47. The van der Waals surface area contributed by atoms with Gasteiger partial charge in [-0.05, 0) is 56.0 Å². The van der Waals surface area contributed by atoms with E-state index in [4.69, 9.17) is 4.74 Å². The van der Waals surface area contributed by atoms with E-state index in [2.05, 4.69) is 72.1 Å². The monoisotopic (exact) mass is 464 g/mol. The average Bonchev–Trinajstić information content (AvgIpc) is 2.77. The molecule has 19 heavy (non-hydrogen) atoms. The van der Waals surface area contributed by atoms with E-state index in [9.17, 15) is 0 Å². The van der Waals surface area contributed by atoms with Gasteiger partial charge in [-0.25, -0.2) is 0 Å². The Balaban J connectivity index is 1.95. The highest BCUT2D eigenvalue weighted by molar-refractivity contribution is 9.13. The predicted octanol–water partition coefficient (Wildman–Crippen LogP) is 6.28. The van der Waals surface area contributed by atoms with Gasteiger partial charge in [-0.1, -0.05) is 34.1 Å². The predicted molar refractivity (Wildman–Crippen MR) is 90.7 cm³/mol. The van der Waals surface area contributed by atoms with Gasteiger partial charge in [0.1, 0.15) is 5.75 Å². The zero-order valence-electron chi connectivity index (χ0n) is 9.91. The fraction of sp³-hybridized carbons (Fsp3) is 0.286. The van der Waals surface area contributed by atoms with Crippen LogP contribution in [0.1, 0.15) is 27.6 Å². The molecule has 2 unspecified atom stereocenters. The van der Waals surface area contributed by atoms with Crippen LogP contribution in [0.15, 0.2) is 38.6 Å². The number of rotatable bonds is 2. The molecule has 2 atom stereocenters. The molecule has 3 rings (SSSR count). The maximum atomic E-state index is 5.73. The van der Waals surface area contributed by atoms with Crippen LogP contribution in [0.3, 0.4) is 0 Å². The summed E-state index contributed by atoms with van der Waals surface area (Å²) in [5.41, 5.74) is 1.30. The standard InChI is InChI=1S/C14H11Br3OS/c15-10-7-12(19-14(10)17)13(16)9-5-6-18-11-4-2-1-3-8(9)11/h1-4,7,9,13H,5-6H2. The lowest BCUT2D eigenvalue weighted by atomic mass is 9.90. The van der Waals surface area contributed by atoms with Crippen molar-refractivity contribution in [3.63, 3.8) is 0 Å². The van der Waals surface area contributed by atoms with Crippen LogP contribution >= 0.6 is 59.1 Å². The van der Waals surface area contributed by atoms with Gasteiger partial charge >= 0.3 is 0 Å². The van der Waals surface area contributed by atoms with Crippen LogP contribution in [-0.2, 0) is 0 Å². The third kappa shape index (κ3) is 2.80. The minimum atomic E-state index is 0.324. The summed E-state index contributed by atoms with van der Waals surface area (Å²) in [6.45, 7) is 0.789. The Kier molecular flexibility index (Phi) is 4.37. The Morgan fingerprint density at radius 2 is 2.05 bits per heavy atom. The second-order valence-electron chi connectivity index (χ2n) is 4.45. The number of halogens is 3. The smallest absolute Gasteiger partial charge is 0.122 e. The lowest BCUT2D eigenvalue weighted by Crippen LogP contribution is -2.17. The summed E-state index contributed by atoms with van der Waals surface area (Å²) in [6, 6.07) is 10.5. The van der Waals surface area contributed by atoms with Gasteiger partial charge in [0, 0.05) is 15.3 Å². The van der Waals surface area contributed by atoms with Crippen molar-refractivity contribution < 1.29 is 4.74 Å². The number of benzene rings is 1. The second-order valence-corrected chi connectivity index (χ2v) is 8.70. The van der Waals surface area contributed by atoms with Crippen molar-refractivity contribution in [3.8, 4) is 5.75 Å². The van der Waals surface area contributed by atoms with Crippen molar-refractivity contribution in [2.75, 3.05) is 6.61 Å². The highest BCUT2D eigenvalue weighted by Crippen LogP contribution is 2.49. The van der Waals surface area contributed by atoms with Gasteiger partial charge in [-0.15, -0.1) is 11.3 Å². The van der Waals surface area contributed by atoms with E-state index in [1.54, 1.807) is 11.3 Å². The zero-order valence-corrected chi connectivity index (χ0v) is 15.5. The van der Waals surface area contributed by atoms with Crippen molar-refractivity contribution >= 4 is 59.1 Å². The normalized spacial score (nSPS) is 19.6. The number of hydrogen-bond donors (Lipinski definition) is 0. The van der Waals surface area contributed by atoms with E-state index in [0.29, 0.717) is 10.7 Å². The molecule has 2 heterocycles. The SMILES string of the molecule is Brc1cc(C(Br)C2CCOc3ccccc32)sc1Br. The molecule has 1 nitrogen and oxygen atoms in total. The van der Waals surface area contributed by atoms with E-state index in [-0.39, 0.29) is 0 Å². The number of alkyl halides is 1. The van der Waals surface area contributed by atoms with Crippen molar-refractivity contribution in [1.82, 2.24) is 0 Å². The lowest BCUT2D eigenvalue weighted by Gasteiger charge is -2.29. The van der Waals surface area contributed by atoms with Crippen LogP contribution in [0.4, 0.5) is 0 Å². The fourth-order valence-electron chi connectivity index (χ4n) is 2.37. The molecule has 0 bridgehead atoms. The van der Waals surface area contributed by atoms with Gasteiger partial charge in [0.15, 0.2) is 0 Å². The molecule has 0 aliphatic carbocycles. The first-order valence-corrected chi connectivity index (χ1v) is 9.29. The minimum Gasteiger partial charge on any atom is -0.493 e. The van der Waals surface area contributed by atoms with Gasteiger partial charge in [0.25, 0.3) is 0 Å². The Morgan fingerprint density at radius 3 is 2.79 bits per heavy atom. The van der Waals surface area contributed by atoms with Crippen LogP contribution in [0, 0.1) is 0 Å². The van der Waals surface area contributed by atoms with Crippen LogP contribution < -0.4 is 4.74 Å². The third-order valence-corrected chi connectivity index (χ3v) is 8.07. The van der Waals surface area contributed by atoms with Crippen molar-refractivity contribution in [3.05, 3.63) is 49.0 Å². The molecule has 100 valence electrons. The first kappa shape index (κ1) is 14.1. The molecule has 0 fully saturated rings. The molecular formula is C14H11Br3OS. The van der Waals surface area contributed by atoms with E-state index in [1.165, 1.54) is 10.4 Å². The molecule has 0 spiro atoms. The van der Waals surface area contributed by atoms with Gasteiger partial charge in [-0.3, -0.25) is 0 Å². The quantitative estimate of drug-likeness (QED) is 0.473. The number of hydrogen-bond acceptors (Lipinski definition) is 2. The number of para-hydroxylation sites is 1. The van der Waals surface area contributed by atoms with Crippen LogP contribution in [0.2, 0.25) is 0 Å². The topological polar surface area (TPSA) is 9.23 Å². The summed E-state index contributed by atoms with van der Waals surface area (Å²) in [5.74, 6) is 1.49. The molecule has 0 saturated carbocycles. The summed E-state index contributed by atoms with van der Waals surface area (Å²) in [4.78, 5) is 1.66. The molecule has 1 aliphatic rings. The molecule has 0 radical (unpaired) electrons.